The van der Waals surface area contributed by atoms with E-state index in [4.69, 9.17) is 0 Å². The quantitative estimate of drug-likeness (QED) is 0.589. The highest BCUT2D eigenvalue weighted by Crippen LogP contribution is 2.18. The van der Waals surface area contributed by atoms with E-state index in [1.165, 1.54) is 0 Å². The molecule has 2 N–H and O–H groups in total. The Labute approximate surface area is 213 Å². The van der Waals surface area contributed by atoms with Gasteiger partial charge in [0.05, 0.1) is 0 Å². The molecule has 0 aliphatic heterocycles. The van der Waals surface area contributed by atoms with Crippen LogP contribution in [0.15, 0.2) is 0 Å². The molecule has 1 atom stereocenters. The summed E-state index contributed by atoms with van der Waals surface area (Å²) < 4.78 is 0. The smallest absolute Gasteiger partial charge is 0.326 e. The van der Waals surface area contributed by atoms with Gasteiger partial charge in [0.1, 0.15) is 11.8 Å². The van der Waals surface area contributed by atoms with E-state index in [9.17, 15) is 19.5 Å². The number of carbonyl (C=O) groups excluding carboxylic acids is 2. The second-order valence-corrected chi connectivity index (χ2v) is 7.20. The summed E-state index contributed by atoms with van der Waals surface area (Å²) in [5.74, 6) is 46.6. The molecule has 0 bridgehead atoms. The van der Waals surface area contributed by atoms with Crippen molar-refractivity contribution in [1.29, 1.82) is 0 Å². The van der Waals surface area contributed by atoms with E-state index in [0.717, 1.165) is 0 Å². The Morgan fingerprint density at radius 2 is 1.03 bits per heavy atom. The zero-order valence-corrected chi connectivity index (χ0v) is 20.2. The summed E-state index contributed by atoms with van der Waals surface area (Å²) in [6, 6.07) is -1.22. The maximum absolute atomic E-state index is 11.9. The first-order valence-electron chi connectivity index (χ1n) is 10.2. The van der Waals surface area contributed by atoms with Gasteiger partial charge >= 0.3 is 5.97 Å². The number of carboxylic acid groups (broad SMARTS) is 1. The Morgan fingerprint density at radius 1 is 0.667 bits per heavy atom. The lowest BCUT2D eigenvalue weighted by Crippen LogP contribution is -2.41. The van der Waals surface area contributed by atoms with Crippen LogP contribution in [0.2, 0.25) is 0 Å². The molecule has 1 unspecified atom stereocenters. The van der Waals surface area contributed by atoms with Crippen molar-refractivity contribution in [3.8, 4) is 118 Å². The number of hydrogen-bond donors (Lipinski definition) is 2. The van der Waals surface area contributed by atoms with Gasteiger partial charge in [-0.1, -0.05) is 26.7 Å². The lowest BCUT2D eigenvalue weighted by atomic mass is 9.87. The summed E-state index contributed by atoms with van der Waals surface area (Å²) in [5, 5.41) is 11.4. The first kappa shape index (κ1) is 30.2. The molecule has 0 spiro atoms. The van der Waals surface area contributed by atoms with Crippen molar-refractivity contribution >= 4 is 17.7 Å². The number of amides is 1. The Hall–Kier alpha value is -5.79. The number of nitrogens with one attached hydrogen (secondary N) is 1. The lowest BCUT2D eigenvalue weighted by Gasteiger charge is -2.18. The van der Waals surface area contributed by atoms with Gasteiger partial charge in [-0.05, 0) is 108 Å². The number of aliphatic carboxylic acids is 1. The number of rotatable bonds is 5. The van der Waals surface area contributed by atoms with Gasteiger partial charge in [-0.25, -0.2) is 4.79 Å². The molecule has 36 heavy (non-hydrogen) atoms. The molecular weight excluding hydrogens is 450 g/mol. The Bertz CT molecular complexity index is 1520. The average molecular weight is 469 g/mol. The number of ketones is 1. The standard InChI is InChI=1S/C31H19NO4/c1-5-6-7-8-9-10-11-12-13-14-15-16-17-18-19-20-21-22-23-24-29(34)32-27(30(35)36)25-26-28(33)31(2,3)4/h27H,25-26H2,1-4H3,(H,32,34)(H,35,36). The van der Waals surface area contributed by atoms with Crippen LogP contribution in [0.1, 0.15) is 40.5 Å². The van der Waals surface area contributed by atoms with Crippen LogP contribution < -0.4 is 5.32 Å². The Kier molecular flexibility index (Phi) is 15.7. The lowest BCUT2D eigenvalue weighted by molar-refractivity contribution is -0.141. The van der Waals surface area contributed by atoms with E-state index >= 15 is 0 Å². The van der Waals surface area contributed by atoms with Gasteiger partial charge in [0.2, 0.25) is 0 Å². The highest BCUT2D eigenvalue weighted by atomic mass is 16.4. The van der Waals surface area contributed by atoms with Crippen molar-refractivity contribution in [1.82, 2.24) is 5.32 Å². The van der Waals surface area contributed by atoms with Crippen molar-refractivity contribution < 1.29 is 19.5 Å². The highest BCUT2D eigenvalue weighted by Gasteiger charge is 2.25. The molecule has 0 saturated carbocycles. The van der Waals surface area contributed by atoms with Crippen LogP contribution in [0.25, 0.3) is 0 Å². The summed E-state index contributed by atoms with van der Waals surface area (Å²) in [7, 11) is 0. The predicted octanol–water partition coefficient (Wildman–Crippen LogP) is 1.01. The minimum atomic E-state index is -1.25. The van der Waals surface area contributed by atoms with E-state index < -0.39 is 23.3 Å². The third kappa shape index (κ3) is 17.8. The molecule has 0 aromatic heterocycles. The van der Waals surface area contributed by atoms with Crippen molar-refractivity contribution in [3.05, 3.63) is 0 Å². The minimum Gasteiger partial charge on any atom is -0.480 e. The van der Waals surface area contributed by atoms with Crippen molar-refractivity contribution in [2.45, 2.75) is 46.6 Å². The molecule has 5 heteroatoms. The zero-order valence-electron chi connectivity index (χ0n) is 20.2. The molecule has 5 nitrogen and oxygen atoms in total. The second kappa shape index (κ2) is 18.8. The second-order valence-electron chi connectivity index (χ2n) is 7.20. The van der Waals surface area contributed by atoms with Crippen LogP contribution in [0.5, 0.6) is 0 Å². The Morgan fingerprint density at radius 3 is 1.36 bits per heavy atom. The average Bonchev–Trinajstić information content (AvgIpc) is 2.82. The van der Waals surface area contributed by atoms with E-state index in [0.29, 0.717) is 0 Å². The summed E-state index contributed by atoms with van der Waals surface area (Å²) in [5.41, 5.74) is -0.583. The molecule has 1 amide bonds. The highest BCUT2D eigenvalue weighted by molar-refractivity contribution is 5.96. The number of hydrogen-bond acceptors (Lipinski definition) is 3. The fourth-order valence-electron chi connectivity index (χ4n) is 1.75. The molecule has 0 aliphatic carbocycles. The van der Waals surface area contributed by atoms with Gasteiger partial charge in [-0.15, -0.1) is 0 Å². The molecule has 0 saturated heterocycles. The molecule has 0 rings (SSSR count). The monoisotopic (exact) mass is 469 g/mol. The number of carboxylic acids is 1. The summed E-state index contributed by atoms with van der Waals surface area (Å²) in [4.78, 5) is 35.0. The third-order valence-corrected chi connectivity index (χ3v) is 3.46. The summed E-state index contributed by atoms with van der Waals surface area (Å²) in [6.07, 6.45) is -0.00678. The van der Waals surface area contributed by atoms with Crippen LogP contribution in [0.4, 0.5) is 0 Å². The number of Topliss-reactive ketones (excluding diaryl/α,β-unsaturated/α-hetero) is 1. The third-order valence-electron chi connectivity index (χ3n) is 3.46. The molecule has 0 radical (unpaired) electrons. The van der Waals surface area contributed by atoms with Gasteiger partial charge in [0.15, 0.2) is 0 Å². The van der Waals surface area contributed by atoms with Gasteiger partial charge in [-0.3, -0.25) is 9.59 Å². The van der Waals surface area contributed by atoms with Crippen LogP contribution >= 0.6 is 0 Å². The minimum absolute atomic E-state index is 0.0246. The largest absolute Gasteiger partial charge is 0.480 e. The predicted molar refractivity (Wildman–Crippen MR) is 137 cm³/mol. The van der Waals surface area contributed by atoms with Gasteiger partial charge < -0.3 is 10.4 Å². The van der Waals surface area contributed by atoms with Crippen LogP contribution in [-0.2, 0) is 14.4 Å². The van der Waals surface area contributed by atoms with Crippen molar-refractivity contribution in [2.75, 3.05) is 0 Å². The van der Waals surface area contributed by atoms with Gasteiger partial charge in [0.25, 0.3) is 5.91 Å². The topological polar surface area (TPSA) is 83.5 Å². The summed E-state index contributed by atoms with van der Waals surface area (Å²) >= 11 is 0. The first-order valence-corrected chi connectivity index (χ1v) is 10.2. The zero-order chi connectivity index (χ0) is 27.1. The van der Waals surface area contributed by atoms with Crippen molar-refractivity contribution in [3.63, 3.8) is 0 Å². The normalized spacial score (nSPS) is 8.00. The first-order chi connectivity index (χ1) is 17.2. The molecular formula is C31H19NO4. The maximum Gasteiger partial charge on any atom is 0.326 e. The fourth-order valence-corrected chi connectivity index (χ4v) is 1.75. The van der Waals surface area contributed by atoms with Gasteiger partial charge in [0, 0.05) is 29.6 Å². The fraction of sp³-hybridized carbons (Fsp3) is 0.258. The van der Waals surface area contributed by atoms with E-state index in [1.54, 1.807) is 27.7 Å². The molecule has 0 aliphatic rings. The maximum atomic E-state index is 11.9. The van der Waals surface area contributed by atoms with E-state index in [-0.39, 0.29) is 18.6 Å². The molecule has 0 aromatic rings. The Balaban J connectivity index is 4.68. The van der Waals surface area contributed by atoms with Crippen LogP contribution in [0, 0.1) is 124 Å². The van der Waals surface area contributed by atoms with Gasteiger partial charge in [-0.2, -0.15) is 0 Å². The number of carbonyl (C=O) groups is 3. The SMILES string of the molecule is CC#CC#CC#CC#CC#CC#CC#CC#CC#CC#CC(=O)NC(CCC(=O)C(C)(C)C)C(=O)O. The molecule has 0 heterocycles. The molecule has 0 fully saturated rings. The van der Waals surface area contributed by atoms with E-state index in [1.807, 2.05) is 0 Å². The van der Waals surface area contributed by atoms with Crippen LogP contribution in [-0.4, -0.2) is 28.8 Å². The molecule has 0 aromatic carbocycles. The molecule has 172 valence electrons. The van der Waals surface area contributed by atoms with E-state index in [2.05, 4.69) is 124 Å². The summed E-state index contributed by atoms with van der Waals surface area (Å²) in [6.45, 7) is 6.90. The van der Waals surface area contributed by atoms with Crippen molar-refractivity contribution in [2.24, 2.45) is 5.41 Å². The van der Waals surface area contributed by atoms with Crippen LogP contribution in [0.3, 0.4) is 0 Å².